The van der Waals surface area contributed by atoms with Crippen molar-refractivity contribution in [2.75, 3.05) is 7.11 Å². The molecule has 0 saturated heterocycles. The Labute approximate surface area is 115 Å². The molecule has 0 spiro atoms. The fourth-order valence-corrected chi connectivity index (χ4v) is 2.52. The SMILES string of the molecule is COc1ccc2cc(CC(N)CC(C)C)ccc2c1. The lowest BCUT2D eigenvalue weighted by Gasteiger charge is -2.14. The van der Waals surface area contributed by atoms with Gasteiger partial charge in [0.25, 0.3) is 0 Å². The van der Waals surface area contributed by atoms with E-state index in [0.29, 0.717) is 5.92 Å². The van der Waals surface area contributed by atoms with Crippen LogP contribution in [0.4, 0.5) is 0 Å². The van der Waals surface area contributed by atoms with Crippen molar-refractivity contribution in [1.29, 1.82) is 0 Å². The van der Waals surface area contributed by atoms with Gasteiger partial charge in [-0.15, -0.1) is 0 Å². The largest absolute Gasteiger partial charge is 0.497 e. The van der Waals surface area contributed by atoms with Crippen LogP contribution in [0.1, 0.15) is 25.8 Å². The molecule has 2 rings (SSSR count). The molecule has 2 aromatic carbocycles. The van der Waals surface area contributed by atoms with E-state index in [1.54, 1.807) is 7.11 Å². The third-order valence-corrected chi connectivity index (χ3v) is 3.38. The van der Waals surface area contributed by atoms with E-state index in [4.69, 9.17) is 10.5 Å². The van der Waals surface area contributed by atoms with Crippen molar-refractivity contribution in [2.45, 2.75) is 32.7 Å². The highest BCUT2D eigenvalue weighted by Gasteiger charge is 2.07. The molecule has 0 bridgehead atoms. The number of benzene rings is 2. The quantitative estimate of drug-likeness (QED) is 0.885. The molecule has 2 N–H and O–H groups in total. The van der Waals surface area contributed by atoms with Gasteiger partial charge in [-0.1, -0.05) is 38.1 Å². The summed E-state index contributed by atoms with van der Waals surface area (Å²) in [5.74, 6) is 1.55. The molecule has 102 valence electrons. The van der Waals surface area contributed by atoms with Crippen molar-refractivity contribution >= 4 is 10.8 Å². The summed E-state index contributed by atoms with van der Waals surface area (Å²) in [5.41, 5.74) is 7.49. The number of methoxy groups -OCH3 is 1. The molecular weight excluding hydrogens is 234 g/mol. The van der Waals surface area contributed by atoms with Crippen LogP contribution < -0.4 is 10.5 Å². The first-order valence-corrected chi connectivity index (χ1v) is 6.90. The lowest BCUT2D eigenvalue weighted by molar-refractivity contribution is 0.415. The fourth-order valence-electron chi connectivity index (χ4n) is 2.52. The summed E-state index contributed by atoms with van der Waals surface area (Å²) < 4.78 is 5.24. The zero-order chi connectivity index (χ0) is 13.8. The Morgan fingerprint density at radius 3 is 2.42 bits per heavy atom. The zero-order valence-corrected chi connectivity index (χ0v) is 12.0. The van der Waals surface area contributed by atoms with E-state index in [1.165, 1.54) is 16.3 Å². The van der Waals surface area contributed by atoms with Crippen molar-refractivity contribution in [3.8, 4) is 5.75 Å². The molecule has 19 heavy (non-hydrogen) atoms. The first-order chi connectivity index (χ1) is 9.08. The average Bonchev–Trinajstić information content (AvgIpc) is 2.37. The minimum atomic E-state index is 0.246. The van der Waals surface area contributed by atoms with Gasteiger partial charge < -0.3 is 10.5 Å². The van der Waals surface area contributed by atoms with Crippen LogP contribution in [0.2, 0.25) is 0 Å². The number of fused-ring (bicyclic) bond motifs is 1. The maximum absolute atomic E-state index is 6.18. The van der Waals surface area contributed by atoms with Gasteiger partial charge in [-0.3, -0.25) is 0 Å². The molecule has 0 aliphatic rings. The molecule has 0 aromatic heterocycles. The average molecular weight is 257 g/mol. The van der Waals surface area contributed by atoms with E-state index < -0.39 is 0 Å². The Morgan fingerprint density at radius 2 is 1.74 bits per heavy atom. The topological polar surface area (TPSA) is 35.2 Å². The maximum Gasteiger partial charge on any atom is 0.119 e. The summed E-state index contributed by atoms with van der Waals surface area (Å²) in [6.07, 6.45) is 2.01. The third kappa shape index (κ3) is 3.71. The molecule has 0 fully saturated rings. The van der Waals surface area contributed by atoms with Crippen molar-refractivity contribution in [1.82, 2.24) is 0 Å². The highest BCUT2D eigenvalue weighted by Crippen LogP contribution is 2.22. The van der Waals surface area contributed by atoms with E-state index >= 15 is 0 Å². The van der Waals surface area contributed by atoms with Gasteiger partial charge in [-0.05, 0) is 47.2 Å². The van der Waals surface area contributed by atoms with E-state index in [-0.39, 0.29) is 6.04 Å². The van der Waals surface area contributed by atoms with Crippen molar-refractivity contribution in [3.05, 3.63) is 42.0 Å². The minimum absolute atomic E-state index is 0.246. The van der Waals surface area contributed by atoms with Crippen molar-refractivity contribution in [3.63, 3.8) is 0 Å². The van der Waals surface area contributed by atoms with Gasteiger partial charge in [0.05, 0.1) is 7.11 Å². The van der Waals surface area contributed by atoms with Gasteiger partial charge in [0.2, 0.25) is 0 Å². The predicted octanol–water partition coefficient (Wildman–Crippen LogP) is 3.76. The molecular formula is C17H23NO. The second kappa shape index (κ2) is 6.07. The van der Waals surface area contributed by atoms with Gasteiger partial charge in [-0.2, -0.15) is 0 Å². The lowest BCUT2D eigenvalue weighted by atomic mass is 9.96. The van der Waals surface area contributed by atoms with Gasteiger partial charge >= 0.3 is 0 Å². The monoisotopic (exact) mass is 257 g/mol. The molecule has 2 aromatic rings. The van der Waals surface area contributed by atoms with Crippen LogP contribution in [-0.2, 0) is 6.42 Å². The van der Waals surface area contributed by atoms with Crippen LogP contribution in [0, 0.1) is 5.92 Å². The number of nitrogens with two attached hydrogens (primary N) is 1. The molecule has 0 aliphatic heterocycles. The Hall–Kier alpha value is -1.54. The lowest BCUT2D eigenvalue weighted by Crippen LogP contribution is -2.24. The summed E-state index contributed by atoms with van der Waals surface area (Å²) in [4.78, 5) is 0. The van der Waals surface area contributed by atoms with Gasteiger partial charge in [0.1, 0.15) is 5.75 Å². The Bertz CT molecular complexity index is 548. The fraction of sp³-hybridized carbons (Fsp3) is 0.412. The summed E-state index contributed by atoms with van der Waals surface area (Å²) >= 11 is 0. The van der Waals surface area contributed by atoms with Crippen molar-refractivity contribution < 1.29 is 4.74 Å². The minimum Gasteiger partial charge on any atom is -0.497 e. The van der Waals surface area contributed by atoms with Gasteiger partial charge in [-0.25, -0.2) is 0 Å². The molecule has 2 nitrogen and oxygen atoms in total. The van der Waals surface area contributed by atoms with Crippen LogP contribution >= 0.6 is 0 Å². The van der Waals surface area contributed by atoms with Crippen LogP contribution in [0.5, 0.6) is 5.75 Å². The molecule has 0 saturated carbocycles. The predicted molar refractivity (Wildman–Crippen MR) is 81.6 cm³/mol. The highest BCUT2D eigenvalue weighted by atomic mass is 16.5. The van der Waals surface area contributed by atoms with E-state index in [0.717, 1.165) is 18.6 Å². The molecule has 0 heterocycles. The van der Waals surface area contributed by atoms with Crippen LogP contribution in [0.15, 0.2) is 36.4 Å². The Morgan fingerprint density at radius 1 is 1.05 bits per heavy atom. The molecule has 1 unspecified atom stereocenters. The Balaban J connectivity index is 2.17. The van der Waals surface area contributed by atoms with Crippen LogP contribution in [-0.4, -0.2) is 13.2 Å². The van der Waals surface area contributed by atoms with E-state index in [2.05, 4.69) is 44.2 Å². The molecule has 1 atom stereocenters. The van der Waals surface area contributed by atoms with E-state index in [9.17, 15) is 0 Å². The summed E-state index contributed by atoms with van der Waals surface area (Å²) in [5, 5.41) is 2.45. The molecule has 2 heteroatoms. The number of rotatable bonds is 5. The molecule has 0 amide bonds. The smallest absolute Gasteiger partial charge is 0.119 e. The third-order valence-electron chi connectivity index (χ3n) is 3.38. The first-order valence-electron chi connectivity index (χ1n) is 6.90. The molecule has 0 aliphatic carbocycles. The highest BCUT2D eigenvalue weighted by molar-refractivity contribution is 5.84. The number of ether oxygens (including phenoxy) is 1. The van der Waals surface area contributed by atoms with Crippen LogP contribution in [0.25, 0.3) is 10.8 Å². The number of hydrogen-bond acceptors (Lipinski definition) is 2. The molecule has 0 radical (unpaired) electrons. The van der Waals surface area contributed by atoms with E-state index in [1.807, 2.05) is 6.07 Å². The van der Waals surface area contributed by atoms with Crippen LogP contribution in [0.3, 0.4) is 0 Å². The second-order valence-corrected chi connectivity index (χ2v) is 5.64. The van der Waals surface area contributed by atoms with Gasteiger partial charge in [0.15, 0.2) is 0 Å². The number of hydrogen-bond donors (Lipinski definition) is 1. The first kappa shape index (κ1) is 13.9. The zero-order valence-electron chi connectivity index (χ0n) is 12.0. The Kier molecular flexibility index (Phi) is 4.43. The summed E-state index contributed by atoms with van der Waals surface area (Å²) in [7, 11) is 1.69. The standard InChI is InChI=1S/C17H23NO/c1-12(2)8-16(18)10-13-4-5-15-11-17(19-3)7-6-14(15)9-13/h4-7,9,11-12,16H,8,10,18H2,1-3H3. The second-order valence-electron chi connectivity index (χ2n) is 5.64. The normalized spacial score (nSPS) is 12.9. The summed E-state index contributed by atoms with van der Waals surface area (Å²) in [6.45, 7) is 4.43. The summed E-state index contributed by atoms with van der Waals surface area (Å²) in [6, 6.07) is 13.0. The van der Waals surface area contributed by atoms with Crippen molar-refractivity contribution in [2.24, 2.45) is 11.7 Å². The van der Waals surface area contributed by atoms with Gasteiger partial charge in [0, 0.05) is 6.04 Å². The maximum atomic E-state index is 6.18.